The van der Waals surface area contributed by atoms with Gasteiger partial charge in [-0.1, -0.05) is 0 Å². The van der Waals surface area contributed by atoms with Crippen LogP contribution in [0.2, 0.25) is 0 Å². The molecule has 2 fully saturated rings. The van der Waals surface area contributed by atoms with E-state index in [-0.39, 0.29) is 12.6 Å². The highest BCUT2D eigenvalue weighted by molar-refractivity contribution is 5.86. The molecule has 2 atom stereocenters. The summed E-state index contributed by atoms with van der Waals surface area (Å²) < 4.78 is 18.4. The lowest BCUT2D eigenvalue weighted by molar-refractivity contribution is -0.191. The molecule has 2 aliphatic heterocycles. The van der Waals surface area contributed by atoms with Crippen LogP contribution >= 0.6 is 0 Å². The molecule has 0 radical (unpaired) electrons. The van der Waals surface area contributed by atoms with Gasteiger partial charge in [0.25, 0.3) is 0 Å². The summed E-state index contributed by atoms with van der Waals surface area (Å²) in [6.07, 6.45) is -1.49. The molecule has 96 valence electrons. The number of rotatable bonds is 0. The van der Waals surface area contributed by atoms with Crippen LogP contribution in [0.3, 0.4) is 0 Å². The normalized spacial score (nSPS) is 28.2. The van der Waals surface area contributed by atoms with Gasteiger partial charge in [0.1, 0.15) is 13.2 Å². The third kappa shape index (κ3) is 4.39. The van der Waals surface area contributed by atoms with Crippen molar-refractivity contribution in [2.45, 2.75) is 26.1 Å². The fourth-order valence-corrected chi connectivity index (χ4v) is 1.05. The van der Waals surface area contributed by atoms with E-state index < -0.39 is 24.1 Å². The van der Waals surface area contributed by atoms with E-state index in [2.05, 4.69) is 14.2 Å². The SMILES string of the molecule is CC1OC(=O)C(C)OC1=O.O=C1COCCO1. The summed E-state index contributed by atoms with van der Waals surface area (Å²) in [5, 5.41) is 0. The third-order valence-corrected chi connectivity index (χ3v) is 1.96. The van der Waals surface area contributed by atoms with Gasteiger partial charge in [0.15, 0.2) is 12.2 Å². The Hall–Kier alpha value is -1.63. The summed E-state index contributed by atoms with van der Waals surface area (Å²) >= 11 is 0. The number of carbonyl (C=O) groups is 3. The largest absolute Gasteiger partial charge is 0.462 e. The fourth-order valence-electron chi connectivity index (χ4n) is 1.05. The Bertz CT molecular complexity index is 284. The lowest BCUT2D eigenvalue weighted by atomic mass is 10.3. The monoisotopic (exact) mass is 246 g/mol. The van der Waals surface area contributed by atoms with Crippen molar-refractivity contribution in [3.05, 3.63) is 0 Å². The van der Waals surface area contributed by atoms with Gasteiger partial charge in [-0.05, 0) is 13.8 Å². The summed E-state index contributed by atoms with van der Waals surface area (Å²) in [7, 11) is 0. The van der Waals surface area contributed by atoms with Crippen LogP contribution in [0, 0.1) is 0 Å². The highest BCUT2D eigenvalue weighted by atomic mass is 16.6. The molecular weight excluding hydrogens is 232 g/mol. The topological polar surface area (TPSA) is 88.1 Å². The van der Waals surface area contributed by atoms with E-state index in [1.807, 2.05) is 0 Å². The molecule has 0 saturated carbocycles. The molecular formula is C10H14O7. The zero-order valence-corrected chi connectivity index (χ0v) is 9.63. The Labute approximate surface area is 98.0 Å². The summed E-state index contributed by atoms with van der Waals surface area (Å²) in [5.41, 5.74) is 0. The van der Waals surface area contributed by atoms with Gasteiger partial charge in [0.05, 0.1) is 6.61 Å². The Morgan fingerprint density at radius 3 is 1.76 bits per heavy atom. The van der Waals surface area contributed by atoms with Crippen LogP contribution in [0.25, 0.3) is 0 Å². The average Bonchev–Trinajstić information content (AvgIpc) is 2.28. The predicted octanol–water partition coefficient (Wildman–Crippen LogP) is -0.577. The lowest BCUT2D eigenvalue weighted by Gasteiger charge is -2.22. The molecule has 0 N–H and O–H groups in total. The van der Waals surface area contributed by atoms with Gasteiger partial charge in [-0.2, -0.15) is 0 Å². The zero-order valence-electron chi connectivity index (χ0n) is 9.63. The number of ether oxygens (including phenoxy) is 4. The smallest absolute Gasteiger partial charge is 0.347 e. The second-order valence-corrected chi connectivity index (χ2v) is 3.43. The first kappa shape index (κ1) is 13.4. The van der Waals surface area contributed by atoms with Crippen molar-refractivity contribution in [2.75, 3.05) is 19.8 Å². The van der Waals surface area contributed by atoms with Crippen molar-refractivity contribution in [1.82, 2.24) is 0 Å². The molecule has 2 rings (SSSR count). The summed E-state index contributed by atoms with van der Waals surface area (Å²) in [5.74, 6) is -1.22. The van der Waals surface area contributed by atoms with Crippen molar-refractivity contribution in [2.24, 2.45) is 0 Å². The van der Waals surface area contributed by atoms with Gasteiger partial charge in [0.2, 0.25) is 0 Å². The van der Waals surface area contributed by atoms with Gasteiger partial charge in [-0.25, -0.2) is 14.4 Å². The molecule has 2 heterocycles. The maximum atomic E-state index is 10.7. The molecule has 2 unspecified atom stereocenters. The van der Waals surface area contributed by atoms with Crippen molar-refractivity contribution in [1.29, 1.82) is 0 Å². The molecule has 0 amide bonds. The van der Waals surface area contributed by atoms with E-state index in [9.17, 15) is 14.4 Å². The van der Waals surface area contributed by atoms with Crippen LogP contribution in [0.15, 0.2) is 0 Å². The molecule has 7 heteroatoms. The Morgan fingerprint density at radius 2 is 1.47 bits per heavy atom. The first-order chi connectivity index (χ1) is 8.00. The Balaban J connectivity index is 0.000000181. The first-order valence-corrected chi connectivity index (χ1v) is 5.15. The van der Waals surface area contributed by atoms with Crippen molar-refractivity contribution in [3.63, 3.8) is 0 Å². The minimum Gasteiger partial charge on any atom is -0.462 e. The van der Waals surface area contributed by atoms with E-state index in [0.717, 1.165) is 0 Å². The van der Waals surface area contributed by atoms with Crippen molar-refractivity contribution in [3.8, 4) is 0 Å². The first-order valence-electron chi connectivity index (χ1n) is 5.15. The molecule has 17 heavy (non-hydrogen) atoms. The number of hydrogen-bond acceptors (Lipinski definition) is 7. The van der Waals surface area contributed by atoms with Crippen LogP contribution < -0.4 is 0 Å². The second-order valence-electron chi connectivity index (χ2n) is 3.43. The average molecular weight is 246 g/mol. The predicted molar refractivity (Wildman–Crippen MR) is 52.9 cm³/mol. The molecule has 7 nitrogen and oxygen atoms in total. The van der Waals surface area contributed by atoms with E-state index >= 15 is 0 Å². The minimum absolute atomic E-state index is 0.125. The molecule has 0 bridgehead atoms. The number of esters is 3. The summed E-state index contributed by atoms with van der Waals surface area (Å²) in [6.45, 7) is 4.04. The number of cyclic esters (lactones) is 3. The highest BCUT2D eigenvalue weighted by Crippen LogP contribution is 2.08. The van der Waals surface area contributed by atoms with Gasteiger partial charge in [0, 0.05) is 0 Å². The van der Waals surface area contributed by atoms with E-state index in [4.69, 9.17) is 4.74 Å². The van der Waals surface area contributed by atoms with Gasteiger partial charge < -0.3 is 18.9 Å². The van der Waals surface area contributed by atoms with E-state index in [1.54, 1.807) is 0 Å². The van der Waals surface area contributed by atoms with Crippen LogP contribution in [0.4, 0.5) is 0 Å². The fraction of sp³-hybridized carbons (Fsp3) is 0.700. The lowest BCUT2D eigenvalue weighted by Crippen LogP contribution is -2.40. The molecule has 0 spiro atoms. The molecule has 0 aromatic rings. The Morgan fingerprint density at radius 1 is 0.941 bits per heavy atom. The second kappa shape index (κ2) is 6.19. The van der Waals surface area contributed by atoms with Crippen LogP contribution in [-0.4, -0.2) is 49.9 Å². The van der Waals surface area contributed by atoms with Gasteiger partial charge in [-0.15, -0.1) is 0 Å². The zero-order chi connectivity index (χ0) is 12.8. The van der Waals surface area contributed by atoms with E-state index in [0.29, 0.717) is 13.2 Å². The summed E-state index contributed by atoms with van der Waals surface area (Å²) in [4.78, 5) is 31.4. The third-order valence-electron chi connectivity index (χ3n) is 1.96. The van der Waals surface area contributed by atoms with Gasteiger partial charge >= 0.3 is 17.9 Å². The maximum absolute atomic E-state index is 10.7. The molecule has 0 aliphatic carbocycles. The molecule has 2 aliphatic rings. The maximum Gasteiger partial charge on any atom is 0.347 e. The number of carbonyl (C=O) groups excluding carboxylic acids is 3. The minimum atomic E-state index is -0.747. The van der Waals surface area contributed by atoms with Gasteiger partial charge in [-0.3, -0.25) is 0 Å². The van der Waals surface area contributed by atoms with Crippen molar-refractivity contribution >= 4 is 17.9 Å². The quantitative estimate of drug-likeness (QED) is 0.417. The standard InChI is InChI=1S/C6H8O4.C4H6O3/c1-3-5(7)10-4(2)6(8)9-3;5-4-3-6-1-2-7-4/h3-4H,1-2H3;1-3H2. The van der Waals surface area contributed by atoms with Crippen LogP contribution in [0.1, 0.15) is 13.8 Å². The molecule has 0 aromatic carbocycles. The molecule has 0 aromatic heterocycles. The Kier molecular flexibility index (Phi) is 4.89. The van der Waals surface area contributed by atoms with E-state index in [1.165, 1.54) is 13.8 Å². The summed E-state index contributed by atoms with van der Waals surface area (Å²) in [6, 6.07) is 0. The molecule has 2 saturated heterocycles. The van der Waals surface area contributed by atoms with Crippen LogP contribution in [0.5, 0.6) is 0 Å². The number of hydrogen-bond donors (Lipinski definition) is 0. The van der Waals surface area contributed by atoms with Crippen molar-refractivity contribution < 1.29 is 33.3 Å². The highest BCUT2D eigenvalue weighted by Gasteiger charge is 2.32. The van der Waals surface area contributed by atoms with Crippen LogP contribution in [-0.2, 0) is 33.3 Å².